The smallest absolute Gasteiger partial charge is 0.251 e. The van der Waals surface area contributed by atoms with Crippen LogP contribution in [0.3, 0.4) is 0 Å². The number of likely N-dealkylation sites (N-methyl/N-ethyl adjacent to an activating group) is 1. The number of ether oxygens (including phenoxy) is 1. The van der Waals surface area contributed by atoms with Gasteiger partial charge in [0.15, 0.2) is 0 Å². The fourth-order valence-electron chi connectivity index (χ4n) is 4.83. The van der Waals surface area contributed by atoms with Crippen LogP contribution in [0.1, 0.15) is 37.2 Å². The van der Waals surface area contributed by atoms with Crippen molar-refractivity contribution in [3.63, 3.8) is 0 Å². The van der Waals surface area contributed by atoms with Crippen molar-refractivity contribution in [1.29, 1.82) is 0 Å². The molecule has 4 rings (SSSR count). The summed E-state index contributed by atoms with van der Waals surface area (Å²) in [6, 6.07) is 10.4. The zero-order valence-electron chi connectivity index (χ0n) is 14.8. The third-order valence-electron chi connectivity index (χ3n) is 6.27. The number of benzene rings is 1. The lowest BCUT2D eigenvalue weighted by Crippen LogP contribution is -2.50. The molecule has 1 aromatic rings. The van der Waals surface area contributed by atoms with Crippen LogP contribution in [0.2, 0.25) is 0 Å². The van der Waals surface area contributed by atoms with Crippen LogP contribution < -0.4 is 0 Å². The highest BCUT2D eigenvalue weighted by Gasteiger charge is 2.54. The van der Waals surface area contributed by atoms with Gasteiger partial charge in [-0.2, -0.15) is 0 Å². The van der Waals surface area contributed by atoms with Crippen LogP contribution in [-0.2, 0) is 14.3 Å². The van der Waals surface area contributed by atoms with Crippen LogP contribution >= 0.6 is 0 Å². The van der Waals surface area contributed by atoms with Crippen molar-refractivity contribution in [2.24, 2.45) is 5.41 Å². The molecule has 2 atom stereocenters. The molecular formula is C20H26N2O3. The lowest BCUT2D eigenvalue weighted by atomic mass is 9.68. The molecule has 3 heterocycles. The maximum absolute atomic E-state index is 13.0. The van der Waals surface area contributed by atoms with E-state index in [-0.39, 0.29) is 29.3 Å². The van der Waals surface area contributed by atoms with Gasteiger partial charge in [0, 0.05) is 39.2 Å². The van der Waals surface area contributed by atoms with Gasteiger partial charge in [0.05, 0.1) is 5.41 Å². The van der Waals surface area contributed by atoms with E-state index < -0.39 is 0 Å². The van der Waals surface area contributed by atoms with Crippen LogP contribution in [0, 0.1) is 5.41 Å². The number of hydrogen-bond acceptors (Lipinski definition) is 3. The first kappa shape index (κ1) is 16.6. The van der Waals surface area contributed by atoms with Crippen molar-refractivity contribution in [2.75, 3.05) is 33.3 Å². The summed E-state index contributed by atoms with van der Waals surface area (Å²) < 4.78 is 5.55. The van der Waals surface area contributed by atoms with Crippen molar-refractivity contribution < 1.29 is 14.3 Å². The normalized spacial score (nSPS) is 28.8. The number of likely N-dealkylation sites (tertiary alicyclic amines) is 2. The van der Waals surface area contributed by atoms with Gasteiger partial charge in [-0.3, -0.25) is 9.59 Å². The molecular weight excluding hydrogens is 316 g/mol. The summed E-state index contributed by atoms with van der Waals surface area (Å²) >= 11 is 0. The molecule has 0 saturated carbocycles. The van der Waals surface area contributed by atoms with E-state index in [0.29, 0.717) is 19.7 Å². The van der Waals surface area contributed by atoms with E-state index in [1.165, 1.54) is 5.56 Å². The van der Waals surface area contributed by atoms with Gasteiger partial charge in [0.2, 0.25) is 5.91 Å². The van der Waals surface area contributed by atoms with Crippen LogP contribution in [0.5, 0.6) is 0 Å². The molecule has 3 aliphatic rings. The Bertz CT molecular complexity index is 646. The molecule has 0 bridgehead atoms. The molecule has 25 heavy (non-hydrogen) atoms. The predicted octanol–water partition coefficient (Wildman–Crippen LogP) is 2.03. The van der Waals surface area contributed by atoms with Gasteiger partial charge < -0.3 is 14.5 Å². The summed E-state index contributed by atoms with van der Waals surface area (Å²) in [7, 11) is 1.90. The Kier molecular flexibility index (Phi) is 4.28. The lowest BCUT2D eigenvalue weighted by Gasteiger charge is -2.41. The molecule has 0 N–H and O–H groups in total. The van der Waals surface area contributed by atoms with E-state index in [0.717, 1.165) is 32.2 Å². The summed E-state index contributed by atoms with van der Waals surface area (Å²) in [6.07, 6.45) is 3.02. The summed E-state index contributed by atoms with van der Waals surface area (Å²) in [5.74, 6) is 0.569. The Balaban J connectivity index is 1.52. The molecule has 2 amide bonds. The second-order valence-electron chi connectivity index (χ2n) is 7.63. The van der Waals surface area contributed by atoms with E-state index in [1.807, 2.05) is 35.0 Å². The molecule has 0 aromatic heterocycles. The average molecular weight is 342 g/mol. The molecule has 3 saturated heterocycles. The first-order valence-electron chi connectivity index (χ1n) is 9.33. The monoisotopic (exact) mass is 342 g/mol. The number of carbonyl (C=O) groups is 2. The quantitative estimate of drug-likeness (QED) is 0.826. The number of piperidine rings is 1. The second-order valence-corrected chi connectivity index (χ2v) is 7.63. The topological polar surface area (TPSA) is 49.9 Å². The fourth-order valence-corrected chi connectivity index (χ4v) is 4.83. The van der Waals surface area contributed by atoms with Crippen LogP contribution in [-0.4, -0.2) is 61.0 Å². The number of amides is 2. The van der Waals surface area contributed by atoms with Crippen molar-refractivity contribution >= 4 is 11.8 Å². The van der Waals surface area contributed by atoms with E-state index in [1.54, 1.807) is 0 Å². The Morgan fingerprint density at radius 3 is 2.56 bits per heavy atom. The fraction of sp³-hybridized carbons (Fsp3) is 0.600. The highest BCUT2D eigenvalue weighted by molar-refractivity contribution is 5.87. The Morgan fingerprint density at radius 2 is 1.92 bits per heavy atom. The van der Waals surface area contributed by atoms with Gasteiger partial charge in [-0.25, -0.2) is 0 Å². The van der Waals surface area contributed by atoms with E-state index in [4.69, 9.17) is 4.74 Å². The van der Waals surface area contributed by atoms with Gasteiger partial charge in [-0.1, -0.05) is 30.3 Å². The van der Waals surface area contributed by atoms with Gasteiger partial charge in [0.25, 0.3) is 5.91 Å². The molecule has 0 unspecified atom stereocenters. The standard InChI is InChI=1S/C20H26N2O3/c1-21-14-16(15-6-3-2-4-7-15)20(19(21)24)9-11-22(12-10-20)18(23)17-8-5-13-25-17/h2-4,6-7,16-17H,5,8-14H2,1H3/t16-,17-/m1/s1. The highest BCUT2D eigenvalue weighted by Crippen LogP contribution is 2.50. The van der Waals surface area contributed by atoms with E-state index in [9.17, 15) is 9.59 Å². The molecule has 0 aliphatic carbocycles. The average Bonchev–Trinajstić information content (AvgIpc) is 3.27. The van der Waals surface area contributed by atoms with Gasteiger partial charge in [-0.15, -0.1) is 0 Å². The Hall–Kier alpha value is -1.88. The number of rotatable bonds is 2. The summed E-state index contributed by atoms with van der Waals surface area (Å²) in [4.78, 5) is 29.4. The predicted molar refractivity (Wildman–Crippen MR) is 94.0 cm³/mol. The molecule has 5 nitrogen and oxygen atoms in total. The minimum Gasteiger partial charge on any atom is -0.368 e. The Labute approximate surface area is 148 Å². The number of carbonyl (C=O) groups excluding carboxylic acids is 2. The van der Waals surface area contributed by atoms with Crippen molar-refractivity contribution in [3.8, 4) is 0 Å². The van der Waals surface area contributed by atoms with Crippen molar-refractivity contribution in [2.45, 2.75) is 37.7 Å². The van der Waals surface area contributed by atoms with Crippen LogP contribution in [0.25, 0.3) is 0 Å². The minimum atomic E-state index is -0.358. The number of nitrogens with zero attached hydrogens (tertiary/aromatic N) is 2. The van der Waals surface area contributed by atoms with E-state index >= 15 is 0 Å². The zero-order valence-corrected chi connectivity index (χ0v) is 14.8. The van der Waals surface area contributed by atoms with Gasteiger partial charge in [0.1, 0.15) is 6.10 Å². The SMILES string of the molecule is CN1C[C@H](c2ccccc2)C2(CCN(C(=O)[C@H]3CCCO3)CC2)C1=O. The molecule has 1 aromatic carbocycles. The third kappa shape index (κ3) is 2.74. The van der Waals surface area contributed by atoms with Gasteiger partial charge in [-0.05, 0) is 31.2 Å². The highest BCUT2D eigenvalue weighted by atomic mass is 16.5. The first-order valence-corrected chi connectivity index (χ1v) is 9.33. The zero-order chi connectivity index (χ0) is 17.4. The van der Waals surface area contributed by atoms with Crippen LogP contribution in [0.4, 0.5) is 0 Å². The molecule has 3 fully saturated rings. The lowest BCUT2D eigenvalue weighted by molar-refractivity contribution is -0.147. The minimum absolute atomic E-state index is 0.113. The van der Waals surface area contributed by atoms with Crippen LogP contribution in [0.15, 0.2) is 30.3 Å². The molecule has 5 heteroatoms. The van der Waals surface area contributed by atoms with E-state index in [2.05, 4.69) is 12.1 Å². The van der Waals surface area contributed by atoms with Gasteiger partial charge >= 0.3 is 0 Å². The second kappa shape index (κ2) is 6.45. The molecule has 1 spiro atoms. The maximum Gasteiger partial charge on any atom is 0.251 e. The molecule has 134 valence electrons. The summed E-state index contributed by atoms with van der Waals surface area (Å²) in [6.45, 7) is 2.76. The summed E-state index contributed by atoms with van der Waals surface area (Å²) in [5, 5.41) is 0. The number of hydrogen-bond donors (Lipinski definition) is 0. The first-order chi connectivity index (χ1) is 12.1. The molecule has 3 aliphatic heterocycles. The maximum atomic E-state index is 13.0. The summed E-state index contributed by atoms with van der Waals surface area (Å²) in [5.41, 5.74) is 0.878. The third-order valence-corrected chi connectivity index (χ3v) is 6.27. The van der Waals surface area contributed by atoms with Crippen molar-refractivity contribution in [3.05, 3.63) is 35.9 Å². The Morgan fingerprint density at radius 1 is 1.20 bits per heavy atom. The molecule has 0 radical (unpaired) electrons. The largest absolute Gasteiger partial charge is 0.368 e. The van der Waals surface area contributed by atoms with Crippen molar-refractivity contribution in [1.82, 2.24) is 9.80 Å².